The molecule has 0 aromatic rings. The largest absolute Gasteiger partial charge is 0.480 e. The Morgan fingerprint density at radius 2 is 1.94 bits per heavy atom. The molecule has 1 aliphatic heterocycles. The number of carboxylic acids is 1. The van der Waals surface area contributed by atoms with Crippen molar-refractivity contribution in [3.05, 3.63) is 0 Å². The molecule has 0 radical (unpaired) electrons. The lowest BCUT2D eigenvalue weighted by molar-refractivity contribution is -0.140. The lowest BCUT2D eigenvalue weighted by atomic mass is 10.1. The van der Waals surface area contributed by atoms with E-state index in [9.17, 15) is 9.59 Å². The summed E-state index contributed by atoms with van der Waals surface area (Å²) in [5, 5.41) is 11.9. The molecule has 1 saturated heterocycles. The first-order chi connectivity index (χ1) is 8.65. The van der Waals surface area contributed by atoms with Crippen LogP contribution in [0.2, 0.25) is 0 Å². The van der Waals surface area contributed by atoms with Crippen LogP contribution in [0.15, 0.2) is 0 Å². The summed E-state index contributed by atoms with van der Waals surface area (Å²) in [5.41, 5.74) is 0. The molecule has 1 atom stereocenters. The van der Waals surface area contributed by atoms with Crippen molar-refractivity contribution >= 4 is 11.9 Å². The minimum atomic E-state index is -0.866. The number of aliphatic carboxylic acids is 1. The molecule has 1 unspecified atom stereocenters. The minimum absolute atomic E-state index is 0.0254. The van der Waals surface area contributed by atoms with E-state index < -0.39 is 12.0 Å². The summed E-state index contributed by atoms with van der Waals surface area (Å²) in [5.74, 6) is -0.840. The second-order valence-electron chi connectivity index (χ2n) is 4.86. The van der Waals surface area contributed by atoms with Crippen LogP contribution in [0.25, 0.3) is 0 Å². The summed E-state index contributed by atoms with van der Waals surface area (Å²) in [6, 6.07) is -0.598. The van der Waals surface area contributed by atoms with E-state index in [1.165, 1.54) is 6.42 Å². The van der Waals surface area contributed by atoms with E-state index in [-0.39, 0.29) is 12.5 Å². The van der Waals surface area contributed by atoms with Crippen LogP contribution < -0.4 is 5.32 Å². The van der Waals surface area contributed by atoms with Crippen molar-refractivity contribution in [1.29, 1.82) is 0 Å². The normalized spacial score (nSPS) is 17.5. The maximum atomic E-state index is 11.9. The smallest absolute Gasteiger partial charge is 0.320 e. The zero-order valence-corrected chi connectivity index (χ0v) is 11.2. The maximum Gasteiger partial charge on any atom is 0.320 e. The van der Waals surface area contributed by atoms with Crippen molar-refractivity contribution in [2.24, 2.45) is 0 Å². The van der Waals surface area contributed by atoms with Gasteiger partial charge in [-0.1, -0.05) is 19.8 Å². The molecule has 18 heavy (non-hydrogen) atoms. The number of likely N-dealkylation sites (tertiary alicyclic amines) is 1. The average molecular weight is 256 g/mol. The van der Waals surface area contributed by atoms with Gasteiger partial charge in [0.1, 0.15) is 6.04 Å². The molecule has 1 heterocycles. The molecule has 0 aromatic carbocycles. The van der Waals surface area contributed by atoms with E-state index in [0.717, 1.165) is 38.8 Å². The van der Waals surface area contributed by atoms with Gasteiger partial charge < -0.3 is 10.0 Å². The molecular formula is C13H24N2O3. The first-order valence-corrected chi connectivity index (χ1v) is 6.89. The monoisotopic (exact) mass is 256 g/mol. The van der Waals surface area contributed by atoms with Gasteiger partial charge >= 0.3 is 5.97 Å². The van der Waals surface area contributed by atoms with E-state index >= 15 is 0 Å². The van der Waals surface area contributed by atoms with Crippen molar-refractivity contribution in [1.82, 2.24) is 10.2 Å². The fourth-order valence-corrected chi connectivity index (χ4v) is 2.19. The topological polar surface area (TPSA) is 69.6 Å². The van der Waals surface area contributed by atoms with Gasteiger partial charge in [0.2, 0.25) is 5.91 Å². The fraction of sp³-hybridized carbons (Fsp3) is 0.846. The number of nitrogens with zero attached hydrogens (tertiary/aromatic N) is 1. The number of rotatable bonds is 7. The van der Waals surface area contributed by atoms with E-state index in [2.05, 4.69) is 5.32 Å². The van der Waals surface area contributed by atoms with Gasteiger partial charge in [-0.2, -0.15) is 0 Å². The van der Waals surface area contributed by atoms with Crippen LogP contribution in [0, 0.1) is 0 Å². The lowest BCUT2D eigenvalue weighted by Gasteiger charge is -2.27. The van der Waals surface area contributed by atoms with Crippen LogP contribution in [0.4, 0.5) is 0 Å². The average Bonchev–Trinajstić information content (AvgIpc) is 2.39. The second kappa shape index (κ2) is 8.08. The summed E-state index contributed by atoms with van der Waals surface area (Å²) in [6.45, 7) is 3.79. The Morgan fingerprint density at radius 3 is 2.50 bits per heavy atom. The Hall–Kier alpha value is -1.10. The SMILES string of the molecule is CCCCC(NCC(=O)N1CCCCC1)C(=O)O. The number of carboxylic acid groups (broad SMARTS) is 1. The predicted molar refractivity (Wildman–Crippen MR) is 69.4 cm³/mol. The van der Waals surface area contributed by atoms with Crippen LogP contribution in [-0.4, -0.2) is 47.6 Å². The van der Waals surface area contributed by atoms with Crippen molar-refractivity contribution in [3.8, 4) is 0 Å². The molecule has 5 nitrogen and oxygen atoms in total. The third-order valence-electron chi connectivity index (χ3n) is 3.35. The van der Waals surface area contributed by atoms with Crippen LogP contribution in [0.1, 0.15) is 45.4 Å². The highest BCUT2D eigenvalue weighted by Gasteiger charge is 2.20. The number of hydrogen-bond acceptors (Lipinski definition) is 3. The minimum Gasteiger partial charge on any atom is -0.480 e. The van der Waals surface area contributed by atoms with Gasteiger partial charge in [-0.25, -0.2) is 0 Å². The second-order valence-corrected chi connectivity index (χ2v) is 4.86. The number of unbranched alkanes of at least 4 members (excludes halogenated alkanes) is 1. The Morgan fingerprint density at radius 1 is 1.28 bits per heavy atom. The van der Waals surface area contributed by atoms with Gasteiger partial charge in [-0.3, -0.25) is 14.9 Å². The van der Waals surface area contributed by atoms with Gasteiger partial charge in [0, 0.05) is 13.1 Å². The molecule has 5 heteroatoms. The molecular weight excluding hydrogens is 232 g/mol. The maximum absolute atomic E-state index is 11.9. The summed E-state index contributed by atoms with van der Waals surface area (Å²) in [7, 11) is 0. The lowest BCUT2D eigenvalue weighted by Crippen LogP contribution is -2.46. The molecule has 0 aromatic heterocycles. The number of hydrogen-bond donors (Lipinski definition) is 2. The zero-order chi connectivity index (χ0) is 13.4. The molecule has 1 amide bonds. The zero-order valence-electron chi connectivity index (χ0n) is 11.2. The van der Waals surface area contributed by atoms with Gasteiger partial charge in [-0.15, -0.1) is 0 Å². The van der Waals surface area contributed by atoms with E-state index in [0.29, 0.717) is 6.42 Å². The molecule has 1 aliphatic rings. The number of amides is 1. The number of nitrogens with one attached hydrogen (secondary N) is 1. The summed E-state index contributed by atoms with van der Waals surface area (Å²) >= 11 is 0. The van der Waals surface area contributed by atoms with Crippen molar-refractivity contribution in [2.45, 2.75) is 51.5 Å². The van der Waals surface area contributed by atoms with E-state index in [4.69, 9.17) is 5.11 Å². The van der Waals surface area contributed by atoms with Gasteiger partial charge in [-0.05, 0) is 25.7 Å². The molecule has 0 aliphatic carbocycles. The molecule has 2 N–H and O–H groups in total. The van der Waals surface area contributed by atoms with Gasteiger partial charge in [0.25, 0.3) is 0 Å². The van der Waals surface area contributed by atoms with E-state index in [1.807, 2.05) is 11.8 Å². The summed E-state index contributed by atoms with van der Waals surface area (Å²) < 4.78 is 0. The Labute approximate surface area is 109 Å². The third kappa shape index (κ3) is 5.04. The fourth-order valence-electron chi connectivity index (χ4n) is 2.19. The Bertz CT molecular complexity index is 275. The molecule has 104 valence electrons. The number of carbonyl (C=O) groups is 2. The molecule has 1 rings (SSSR count). The highest BCUT2D eigenvalue weighted by molar-refractivity contribution is 5.80. The Kier molecular flexibility index (Phi) is 6.72. The van der Waals surface area contributed by atoms with Crippen molar-refractivity contribution in [2.75, 3.05) is 19.6 Å². The van der Waals surface area contributed by atoms with Crippen LogP contribution in [-0.2, 0) is 9.59 Å². The first kappa shape index (κ1) is 15.0. The number of carbonyl (C=O) groups excluding carboxylic acids is 1. The van der Waals surface area contributed by atoms with Gasteiger partial charge in [0.05, 0.1) is 6.54 Å². The van der Waals surface area contributed by atoms with Crippen LogP contribution in [0.5, 0.6) is 0 Å². The van der Waals surface area contributed by atoms with Crippen LogP contribution >= 0.6 is 0 Å². The molecule has 1 fully saturated rings. The highest BCUT2D eigenvalue weighted by Crippen LogP contribution is 2.08. The quantitative estimate of drug-likeness (QED) is 0.719. The number of piperidine rings is 1. The standard InChI is InChI=1S/C13H24N2O3/c1-2-3-7-11(13(17)18)14-10-12(16)15-8-5-4-6-9-15/h11,14H,2-10H2,1H3,(H,17,18). The van der Waals surface area contributed by atoms with Crippen molar-refractivity contribution < 1.29 is 14.7 Å². The predicted octanol–water partition coefficient (Wildman–Crippen LogP) is 1.23. The van der Waals surface area contributed by atoms with Crippen LogP contribution in [0.3, 0.4) is 0 Å². The van der Waals surface area contributed by atoms with Gasteiger partial charge in [0.15, 0.2) is 0 Å². The molecule has 0 spiro atoms. The summed E-state index contributed by atoms with van der Waals surface area (Å²) in [4.78, 5) is 24.7. The summed E-state index contributed by atoms with van der Waals surface area (Å²) in [6.07, 6.45) is 5.71. The van der Waals surface area contributed by atoms with E-state index in [1.54, 1.807) is 0 Å². The molecule has 0 bridgehead atoms. The highest BCUT2D eigenvalue weighted by atomic mass is 16.4. The Balaban J connectivity index is 2.31. The molecule has 0 saturated carbocycles. The first-order valence-electron chi connectivity index (χ1n) is 6.89. The van der Waals surface area contributed by atoms with Crippen molar-refractivity contribution in [3.63, 3.8) is 0 Å². The third-order valence-corrected chi connectivity index (χ3v) is 3.35.